The molecule has 0 radical (unpaired) electrons. The van der Waals surface area contributed by atoms with Crippen molar-refractivity contribution in [1.29, 1.82) is 0 Å². The number of β-amino-alcohol motifs (C(OH)–C–C–N with tert-alkyl or cyclic N) is 1. The molecule has 76 heavy (non-hydrogen) atoms. The zero-order valence-corrected chi connectivity index (χ0v) is 46.6. The molecule has 5 amide bonds. The molecular weight excluding hydrogens is 1030 g/mol. The summed E-state index contributed by atoms with van der Waals surface area (Å²) in [5, 5.41) is 21.2. The minimum absolute atomic E-state index is 0.0151. The van der Waals surface area contributed by atoms with Gasteiger partial charge in [-0.25, -0.2) is 9.97 Å². The van der Waals surface area contributed by atoms with E-state index in [1.165, 1.54) is 16.0 Å². The van der Waals surface area contributed by atoms with E-state index in [-0.39, 0.29) is 80.9 Å². The van der Waals surface area contributed by atoms with Gasteiger partial charge in [0.15, 0.2) is 5.82 Å². The number of nitrogens with one attached hydrogen (secondary N) is 3. The van der Waals surface area contributed by atoms with Crippen molar-refractivity contribution in [1.82, 2.24) is 35.0 Å². The van der Waals surface area contributed by atoms with Gasteiger partial charge in [0.05, 0.1) is 46.9 Å². The van der Waals surface area contributed by atoms with Crippen LogP contribution in [-0.2, 0) is 35.1 Å². The summed E-state index contributed by atoms with van der Waals surface area (Å²) in [4.78, 5) is 89.5. The Hall–Kier alpha value is -6.60. The number of halogens is 1. The van der Waals surface area contributed by atoms with Crippen LogP contribution in [-0.4, -0.2) is 142 Å². The number of hydrogen-bond acceptors (Lipinski definition) is 15. The van der Waals surface area contributed by atoms with Gasteiger partial charge in [0.1, 0.15) is 30.0 Å². The predicted octanol–water partition coefficient (Wildman–Crippen LogP) is 6.91. The number of likely N-dealkylation sites (tertiary alicyclic amines) is 1. The quantitative estimate of drug-likeness (QED) is 0.0469. The normalized spacial score (nSPS) is 16.2. The molecule has 2 fully saturated rings. The Morgan fingerprint density at radius 2 is 1.67 bits per heavy atom. The fraction of sp³-hybridized carbons (Fsp3) is 0.444. The number of thiazole rings is 1. The Labute approximate surface area is 453 Å². The van der Waals surface area contributed by atoms with E-state index in [2.05, 4.69) is 35.8 Å². The van der Waals surface area contributed by atoms with Crippen LogP contribution in [0.4, 0.5) is 28.8 Å². The number of carbonyl (C=O) groups is 5. The van der Waals surface area contributed by atoms with Gasteiger partial charge in [-0.1, -0.05) is 68.8 Å². The highest BCUT2D eigenvalue weighted by molar-refractivity contribution is 7.70. The second-order valence-corrected chi connectivity index (χ2v) is 25.1. The number of piperazine rings is 1. The van der Waals surface area contributed by atoms with Gasteiger partial charge in [0.2, 0.25) is 35.5 Å². The average Bonchev–Trinajstić information content (AvgIpc) is 4.01. The molecule has 3 aromatic carbocycles. The number of methoxy groups -OCH3 is 1. The smallest absolute Gasteiger partial charge is 0.246 e. The Bertz CT molecular complexity index is 2940. The Morgan fingerprint density at radius 1 is 0.947 bits per heavy atom. The van der Waals surface area contributed by atoms with Crippen LogP contribution in [0.15, 0.2) is 78.4 Å². The molecule has 0 spiro atoms. The molecule has 5 aromatic rings. The molecule has 0 saturated carbocycles. The number of para-hydroxylation sites is 1. The van der Waals surface area contributed by atoms with Crippen LogP contribution in [0.2, 0.25) is 5.02 Å². The lowest BCUT2D eigenvalue weighted by Gasteiger charge is -2.42. The summed E-state index contributed by atoms with van der Waals surface area (Å²) in [5.74, 6) is -0.797. The molecule has 2 saturated heterocycles. The molecule has 19 nitrogen and oxygen atoms in total. The number of aryl methyl sites for hydroxylation is 1. The summed E-state index contributed by atoms with van der Waals surface area (Å²) >= 11 is 8.05. The van der Waals surface area contributed by atoms with Crippen molar-refractivity contribution in [3.63, 3.8) is 0 Å². The highest BCUT2D eigenvalue weighted by Crippen LogP contribution is 2.39. The fourth-order valence-corrected chi connectivity index (χ4v) is 11.7. The topological polar surface area (TPSA) is 246 Å². The third kappa shape index (κ3) is 14.5. The summed E-state index contributed by atoms with van der Waals surface area (Å²) < 4.78 is 18.8. The third-order valence-corrected chi connectivity index (χ3v) is 16.3. The zero-order chi connectivity index (χ0) is 54.9. The number of rotatable bonds is 21. The van der Waals surface area contributed by atoms with Crippen molar-refractivity contribution >= 4 is 93.7 Å². The van der Waals surface area contributed by atoms with Crippen molar-refractivity contribution < 1.29 is 38.4 Å². The minimum atomic E-state index is -2.61. The van der Waals surface area contributed by atoms with Crippen molar-refractivity contribution in [3.05, 3.63) is 94.7 Å². The largest absolute Gasteiger partial charge is 0.494 e. The standard InChI is InChI=1S/C54H69ClN11O8PS/c1-34-48(76-33-59-34)36-19-17-35(18-20-36)30-57-51(71)42-29-38(67)32-66(42)52(72)49(54(2,3)4)65(47(70)15-10-14-45(56)68)23-11-16-46(69)64-26-24-63(25-27-64)37-21-22-40(43(28-37)74-5)61-53-58-31-39(55)50(62-53)60-41-12-8-9-13-44(41)75(6,7)73/h8-9,12-13,17-22,28,31,33,38,42,49,67H,10-11,14-16,23-27,29-30,32H2,1-7H3,(H2,56,68)(H,57,71)(H2,58,60,61,62)/t38-,42+,49-/m1/s1. The lowest BCUT2D eigenvalue weighted by Crippen LogP contribution is -2.59. The number of aliphatic hydroxyl groups excluding tert-OH is 1. The molecule has 3 atom stereocenters. The number of anilines is 5. The van der Waals surface area contributed by atoms with Crippen LogP contribution < -0.4 is 36.6 Å². The van der Waals surface area contributed by atoms with Gasteiger partial charge >= 0.3 is 0 Å². The second kappa shape index (κ2) is 25.0. The number of aliphatic hydroxyl groups is 1. The van der Waals surface area contributed by atoms with E-state index in [0.717, 1.165) is 27.4 Å². The maximum Gasteiger partial charge on any atom is 0.246 e. The number of ether oxygens (including phenoxy) is 1. The molecule has 0 unspecified atom stereocenters. The van der Waals surface area contributed by atoms with E-state index in [1.807, 2.05) is 94.4 Å². The van der Waals surface area contributed by atoms with Crippen LogP contribution in [0, 0.1) is 12.3 Å². The molecule has 4 heterocycles. The monoisotopic (exact) mass is 1100 g/mol. The second-order valence-electron chi connectivity index (χ2n) is 20.6. The van der Waals surface area contributed by atoms with Crippen molar-refractivity contribution in [2.24, 2.45) is 11.1 Å². The molecule has 0 bridgehead atoms. The van der Waals surface area contributed by atoms with Crippen LogP contribution in [0.3, 0.4) is 0 Å². The molecule has 0 aliphatic carbocycles. The Kier molecular flexibility index (Phi) is 18.8. The van der Waals surface area contributed by atoms with E-state index in [0.29, 0.717) is 54.4 Å². The first-order valence-corrected chi connectivity index (χ1v) is 29.2. The maximum absolute atomic E-state index is 14.8. The van der Waals surface area contributed by atoms with Gasteiger partial charge < -0.3 is 55.7 Å². The van der Waals surface area contributed by atoms with E-state index in [1.54, 1.807) is 42.2 Å². The molecule has 406 valence electrons. The summed E-state index contributed by atoms with van der Waals surface area (Å²) in [6.07, 6.45) is 1.02. The number of nitrogens with zero attached hydrogens (tertiary/aromatic N) is 7. The highest BCUT2D eigenvalue weighted by atomic mass is 35.5. The van der Waals surface area contributed by atoms with Crippen LogP contribution in [0.1, 0.15) is 70.6 Å². The zero-order valence-electron chi connectivity index (χ0n) is 44.2. The Morgan fingerprint density at radius 3 is 2.33 bits per heavy atom. The van der Waals surface area contributed by atoms with Crippen LogP contribution in [0.25, 0.3) is 10.4 Å². The minimum Gasteiger partial charge on any atom is -0.494 e. The van der Waals surface area contributed by atoms with Gasteiger partial charge in [0.25, 0.3) is 0 Å². The number of primary amides is 1. The van der Waals surface area contributed by atoms with Gasteiger partial charge in [-0.3, -0.25) is 24.0 Å². The third-order valence-electron chi connectivity index (χ3n) is 13.5. The summed E-state index contributed by atoms with van der Waals surface area (Å²) in [6.45, 7) is 13.0. The number of nitrogens with two attached hydrogens (primary N) is 1. The van der Waals surface area contributed by atoms with E-state index in [9.17, 15) is 33.6 Å². The van der Waals surface area contributed by atoms with Gasteiger partial charge in [-0.2, -0.15) is 4.98 Å². The van der Waals surface area contributed by atoms with Gasteiger partial charge in [-0.05, 0) is 73.9 Å². The Balaban J connectivity index is 0.965. The molecule has 2 aromatic heterocycles. The predicted molar refractivity (Wildman–Crippen MR) is 298 cm³/mol. The van der Waals surface area contributed by atoms with E-state index < -0.39 is 48.5 Å². The number of carbonyl (C=O) groups excluding carboxylic acids is 5. The SMILES string of the molecule is COc1cc(N2CCN(C(=O)CCCN(C(=O)CCCC(N)=O)[C@H](C(=O)N3C[C@H](O)C[C@H]3C(=O)NCc3ccc(-c4scnc4C)cc3)C(C)(C)C)CC2)ccc1Nc1ncc(Cl)c(Nc2ccccc2P(C)(C)=O)n1. The molecular formula is C54H69ClN11O8PS. The average molecular weight is 1100 g/mol. The molecule has 6 N–H and O–H groups in total. The lowest BCUT2D eigenvalue weighted by atomic mass is 9.84. The number of hydrogen-bond donors (Lipinski definition) is 5. The fourth-order valence-electron chi connectivity index (χ4n) is 9.61. The van der Waals surface area contributed by atoms with Crippen molar-refractivity contribution in [3.8, 4) is 16.2 Å². The first kappa shape index (κ1) is 57.1. The van der Waals surface area contributed by atoms with E-state index >= 15 is 0 Å². The highest BCUT2D eigenvalue weighted by Gasteiger charge is 2.47. The van der Waals surface area contributed by atoms with E-state index in [4.69, 9.17) is 22.1 Å². The lowest BCUT2D eigenvalue weighted by molar-refractivity contribution is -0.153. The van der Waals surface area contributed by atoms with Gasteiger partial charge in [-0.15, -0.1) is 11.3 Å². The molecule has 22 heteroatoms. The van der Waals surface area contributed by atoms with Crippen LogP contribution in [0.5, 0.6) is 5.75 Å². The number of aromatic nitrogens is 3. The first-order chi connectivity index (χ1) is 36.1. The summed E-state index contributed by atoms with van der Waals surface area (Å²) in [5.41, 5.74) is 11.3. The summed E-state index contributed by atoms with van der Waals surface area (Å²) in [7, 11) is -1.04. The molecule has 2 aliphatic rings. The number of amides is 5. The molecule has 2 aliphatic heterocycles. The van der Waals surface area contributed by atoms with Crippen LogP contribution >= 0.6 is 30.1 Å². The van der Waals surface area contributed by atoms with Crippen molar-refractivity contribution in [2.75, 3.05) is 75.2 Å². The van der Waals surface area contributed by atoms with Crippen molar-refractivity contribution in [2.45, 2.75) is 91.0 Å². The number of benzene rings is 3. The van der Waals surface area contributed by atoms with Gasteiger partial charge in [0, 0.05) is 88.6 Å². The first-order valence-electron chi connectivity index (χ1n) is 25.4. The summed E-state index contributed by atoms with van der Waals surface area (Å²) in [6, 6.07) is 18.8. The maximum atomic E-state index is 14.8. The molecule has 7 rings (SSSR count).